The molecule has 0 aromatic heterocycles. The molecular weight excluding hydrogens is 236 g/mol. The number of fused-ring (bicyclic) bond motifs is 1. The van der Waals surface area contributed by atoms with Crippen molar-refractivity contribution >= 4 is 11.7 Å². The summed E-state index contributed by atoms with van der Waals surface area (Å²) in [7, 11) is 0. The molecule has 6 nitrogen and oxygen atoms in total. The zero-order chi connectivity index (χ0) is 12.4. The van der Waals surface area contributed by atoms with Gasteiger partial charge in [0.05, 0.1) is 0 Å². The summed E-state index contributed by atoms with van der Waals surface area (Å²) >= 11 is 0. The van der Waals surface area contributed by atoms with Crippen LogP contribution in [0.2, 0.25) is 0 Å². The van der Waals surface area contributed by atoms with Crippen molar-refractivity contribution in [3.05, 3.63) is 36.3 Å². The van der Waals surface area contributed by atoms with Gasteiger partial charge >= 0.3 is 6.03 Å². The second kappa shape index (κ2) is 4.48. The summed E-state index contributed by atoms with van der Waals surface area (Å²) in [5.41, 5.74) is 1.79. The second-order valence-corrected chi connectivity index (χ2v) is 3.91. The van der Waals surface area contributed by atoms with Crippen molar-refractivity contribution in [2.24, 2.45) is 0 Å². The summed E-state index contributed by atoms with van der Waals surface area (Å²) < 4.78 is 15.8. The largest absolute Gasteiger partial charge is 0.486 e. The monoisotopic (exact) mass is 248 g/mol. The molecule has 18 heavy (non-hydrogen) atoms. The Morgan fingerprint density at radius 1 is 1.33 bits per heavy atom. The standard InChI is InChI=1S/C12H12N2O4/c15-12-13-6-8-5-9(1-2-10(8)14-12)18-7-11-16-3-4-17-11/h1-5,11H,6-7H2,(H2,13,14,15). The van der Waals surface area contributed by atoms with E-state index < -0.39 is 0 Å². The van der Waals surface area contributed by atoms with Crippen molar-refractivity contribution in [1.82, 2.24) is 5.32 Å². The average Bonchev–Trinajstić information content (AvgIpc) is 2.89. The van der Waals surface area contributed by atoms with Gasteiger partial charge in [0, 0.05) is 12.2 Å². The molecule has 0 saturated heterocycles. The maximum absolute atomic E-state index is 11.1. The van der Waals surface area contributed by atoms with E-state index in [1.54, 1.807) is 6.07 Å². The molecule has 6 heteroatoms. The Balaban J connectivity index is 1.64. The molecule has 0 bridgehead atoms. The fraction of sp³-hybridized carbons (Fsp3) is 0.250. The molecule has 0 atom stereocenters. The summed E-state index contributed by atoms with van der Waals surface area (Å²) in [4.78, 5) is 11.1. The Bertz CT molecular complexity index is 493. The van der Waals surface area contributed by atoms with Gasteiger partial charge in [-0.3, -0.25) is 0 Å². The molecule has 1 aromatic rings. The van der Waals surface area contributed by atoms with E-state index in [1.165, 1.54) is 12.5 Å². The number of amides is 2. The molecule has 0 unspecified atom stereocenters. The number of hydrogen-bond donors (Lipinski definition) is 2. The number of rotatable bonds is 3. The number of hydrogen-bond acceptors (Lipinski definition) is 4. The number of benzene rings is 1. The van der Waals surface area contributed by atoms with Gasteiger partial charge in [0.25, 0.3) is 6.29 Å². The van der Waals surface area contributed by atoms with Crippen molar-refractivity contribution < 1.29 is 19.0 Å². The Morgan fingerprint density at radius 3 is 3.00 bits per heavy atom. The van der Waals surface area contributed by atoms with Crippen molar-refractivity contribution in [3.63, 3.8) is 0 Å². The number of carbonyl (C=O) groups is 1. The fourth-order valence-corrected chi connectivity index (χ4v) is 1.78. The first-order valence-corrected chi connectivity index (χ1v) is 5.58. The van der Waals surface area contributed by atoms with Crippen LogP contribution in [0, 0.1) is 0 Å². The molecule has 0 aliphatic carbocycles. The molecule has 0 radical (unpaired) electrons. The summed E-state index contributed by atoms with van der Waals surface area (Å²) in [6, 6.07) is 5.31. The lowest BCUT2D eigenvalue weighted by atomic mass is 10.1. The Morgan fingerprint density at radius 2 is 2.17 bits per heavy atom. The number of nitrogens with one attached hydrogen (secondary N) is 2. The molecule has 2 heterocycles. The van der Waals surface area contributed by atoms with E-state index in [2.05, 4.69) is 10.6 Å². The molecule has 0 saturated carbocycles. The first-order valence-electron chi connectivity index (χ1n) is 5.58. The number of ether oxygens (including phenoxy) is 3. The average molecular weight is 248 g/mol. The molecule has 2 aliphatic heterocycles. The molecule has 2 amide bonds. The van der Waals surface area contributed by atoms with Crippen molar-refractivity contribution in [1.29, 1.82) is 0 Å². The normalized spacial score (nSPS) is 17.2. The molecule has 0 fully saturated rings. The number of carbonyl (C=O) groups excluding carboxylic acids is 1. The highest BCUT2D eigenvalue weighted by Gasteiger charge is 2.16. The van der Waals surface area contributed by atoms with E-state index >= 15 is 0 Å². The second-order valence-electron chi connectivity index (χ2n) is 3.91. The van der Waals surface area contributed by atoms with E-state index in [9.17, 15) is 4.79 Å². The van der Waals surface area contributed by atoms with Crippen molar-refractivity contribution in [2.45, 2.75) is 12.8 Å². The molecular formula is C12H12N2O4. The lowest BCUT2D eigenvalue weighted by Gasteiger charge is -2.19. The molecule has 2 N–H and O–H groups in total. The molecule has 2 aliphatic rings. The third kappa shape index (κ3) is 2.17. The summed E-state index contributed by atoms with van der Waals surface area (Å²) in [5, 5.41) is 5.42. The fourth-order valence-electron chi connectivity index (χ4n) is 1.78. The highest BCUT2D eigenvalue weighted by atomic mass is 16.7. The molecule has 1 aromatic carbocycles. The van der Waals surface area contributed by atoms with Crippen LogP contribution in [0.15, 0.2) is 30.7 Å². The summed E-state index contributed by atoms with van der Waals surface area (Å²) in [6.45, 7) is 0.807. The van der Waals surface area contributed by atoms with Crippen LogP contribution < -0.4 is 15.4 Å². The minimum absolute atomic E-state index is 0.185. The third-order valence-electron chi connectivity index (χ3n) is 2.67. The maximum atomic E-state index is 11.1. The van der Waals surface area contributed by atoms with E-state index in [4.69, 9.17) is 14.2 Å². The highest BCUT2D eigenvalue weighted by Crippen LogP contribution is 2.24. The predicted octanol–water partition coefficient (Wildman–Crippen LogP) is 1.54. The van der Waals surface area contributed by atoms with Crippen LogP contribution in [0.1, 0.15) is 5.56 Å². The van der Waals surface area contributed by atoms with Crippen molar-refractivity contribution in [2.75, 3.05) is 11.9 Å². The highest BCUT2D eigenvalue weighted by molar-refractivity contribution is 5.92. The minimum Gasteiger partial charge on any atom is -0.486 e. The van der Waals surface area contributed by atoms with Gasteiger partial charge in [-0.15, -0.1) is 0 Å². The molecule has 0 spiro atoms. The van der Waals surface area contributed by atoms with E-state index in [0.29, 0.717) is 18.9 Å². The van der Waals surface area contributed by atoms with Gasteiger partial charge < -0.3 is 24.8 Å². The number of urea groups is 1. The Hall–Kier alpha value is -2.37. The smallest absolute Gasteiger partial charge is 0.319 e. The molecule has 3 rings (SSSR count). The number of anilines is 1. The molecule has 94 valence electrons. The lowest BCUT2D eigenvalue weighted by molar-refractivity contribution is -0.0520. The SMILES string of the molecule is O=C1NCc2cc(OCC3OC=CO3)ccc2N1. The van der Waals surface area contributed by atoms with E-state index in [-0.39, 0.29) is 12.3 Å². The van der Waals surface area contributed by atoms with Crippen LogP contribution in [-0.2, 0) is 16.0 Å². The Labute approximate surface area is 104 Å². The first-order chi connectivity index (χ1) is 8.81. The van der Waals surface area contributed by atoms with Gasteiger partial charge in [-0.2, -0.15) is 0 Å². The lowest BCUT2D eigenvalue weighted by Crippen LogP contribution is -2.33. The van der Waals surface area contributed by atoms with Crippen LogP contribution >= 0.6 is 0 Å². The zero-order valence-corrected chi connectivity index (χ0v) is 9.51. The quantitative estimate of drug-likeness (QED) is 0.851. The van der Waals surface area contributed by atoms with Gasteiger partial charge in [0.1, 0.15) is 18.3 Å². The minimum atomic E-state index is -0.390. The zero-order valence-electron chi connectivity index (χ0n) is 9.51. The van der Waals surface area contributed by atoms with Gasteiger partial charge in [-0.1, -0.05) is 0 Å². The van der Waals surface area contributed by atoms with Crippen molar-refractivity contribution in [3.8, 4) is 5.75 Å². The van der Waals surface area contributed by atoms with E-state index in [0.717, 1.165) is 11.3 Å². The third-order valence-corrected chi connectivity index (χ3v) is 2.67. The van der Waals surface area contributed by atoms with Crippen LogP contribution in [0.5, 0.6) is 5.75 Å². The van der Waals surface area contributed by atoms with Crippen LogP contribution in [0.4, 0.5) is 10.5 Å². The van der Waals surface area contributed by atoms with E-state index in [1.807, 2.05) is 12.1 Å². The Kier molecular flexibility index (Phi) is 2.68. The topological polar surface area (TPSA) is 68.8 Å². The van der Waals surface area contributed by atoms with Gasteiger partial charge in [0.15, 0.2) is 6.61 Å². The predicted molar refractivity (Wildman–Crippen MR) is 62.9 cm³/mol. The van der Waals surface area contributed by atoms with Crippen LogP contribution in [-0.4, -0.2) is 18.9 Å². The van der Waals surface area contributed by atoms with Crippen LogP contribution in [0.3, 0.4) is 0 Å². The van der Waals surface area contributed by atoms with Gasteiger partial charge in [-0.25, -0.2) is 4.79 Å². The first kappa shape index (κ1) is 10.8. The maximum Gasteiger partial charge on any atom is 0.319 e. The van der Waals surface area contributed by atoms with Gasteiger partial charge in [0.2, 0.25) is 0 Å². The van der Waals surface area contributed by atoms with Gasteiger partial charge in [-0.05, 0) is 23.8 Å². The summed E-state index contributed by atoms with van der Waals surface area (Å²) in [6.07, 6.45) is 2.58. The van der Waals surface area contributed by atoms with Crippen LogP contribution in [0.25, 0.3) is 0 Å². The summed E-state index contributed by atoms with van der Waals surface area (Å²) in [5.74, 6) is 0.714.